The molecule has 0 saturated heterocycles. The number of ketones is 1. The van der Waals surface area contributed by atoms with E-state index in [0.717, 1.165) is 20.5 Å². The number of Topliss-reactive ketones (excluding diaryl/α,β-unsaturated/α-hetero) is 1. The topological polar surface area (TPSA) is 83.6 Å². The molecule has 0 spiro atoms. The van der Waals surface area contributed by atoms with E-state index >= 15 is 0 Å². The number of hydrogen-bond acceptors (Lipinski definition) is 7. The fraction of sp³-hybridized carbons (Fsp3) is 0.0800. The van der Waals surface area contributed by atoms with Crippen LogP contribution in [0.5, 0.6) is 0 Å². The largest absolute Gasteiger partial charge is 0.503 e. The molecule has 5 aromatic rings. The zero-order chi connectivity index (χ0) is 23.6. The SMILES string of the molecule is Cc1cc2sc(N3C(=O)C(O)=C(C(=O)c4cc5ccccc5o4)C3c3cccs3)nc2cc1Cl. The van der Waals surface area contributed by atoms with Crippen molar-refractivity contribution in [3.05, 3.63) is 92.5 Å². The molecule has 0 radical (unpaired) electrons. The smallest absolute Gasteiger partial charge is 0.296 e. The molecular weight excluding hydrogens is 492 g/mol. The predicted octanol–water partition coefficient (Wildman–Crippen LogP) is 6.85. The van der Waals surface area contributed by atoms with E-state index in [2.05, 4.69) is 4.98 Å². The van der Waals surface area contributed by atoms with Crippen molar-refractivity contribution in [1.82, 2.24) is 4.98 Å². The number of furan rings is 1. The number of aromatic nitrogens is 1. The van der Waals surface area contributed by atoms with Crippen LogP contribution in [0.15, 0.2) is 75.7 Å². The lowest BCUT2D eigenvalue weighted by molar-refractivity contribution is -0.117. The second-order valence-corrected chi connectivity index (χ2v) is 10.3. The monoisotopic (exact) mass is 506 g/mol. The van der Waals surface area contributed by atoms with Crippen molar-refractivity contribution in [1.29, 1.82) is 0 Å². The molecule has 6 rings (SSSR count). The molecule has 1 aliphatic rings. The van der Waals surface area contributed by atoms with Gasteiger partial charge < -0.3 is 9.52 Å². The zero-order valence-corrected chi connectivity index (χ0v) is 20.0. The first-order valence-electron chi connectivity index (χ1n) is 10.3. The lowest BCUT2D eigenvalue weighted by atomic mass is 10.0. The standard InChI is InChI=1S/C25H15ClN2O4S2/c1-12-9-19-15(11-14(12)26)27-25(34-19)28-21(18-7-4-8-33-18)20(23(30)24(28)31)22(29)17-10-13-5-2-3-6-16(13)32-17/h2-11,21,30H,1H3. The summed E-state index contributed by atoms with van der Waals surface area (Å²) < 4.78 is 6.61. The Labute approximate surface area is 206 Å². The minimum absolute atomic E-state index is 0.0278. The van der Waals surface area contributed by atoms with Crippen molar-refractivity contribution in [2.24, 2.45) is 0 Å². The number of amides is 1. The van der Waals surface area contributed by atoms with Gasteiger partial charge in [0.25, 0.3) is 5.91 Å². The molecule has 9 heteroatoms. The second kappa shape index (κ2) is 7.80. The highest BCUT2D eigenvalue weighted by atomic mass is 35.5. The Balaban J connectivity index is 1.49. The molecular formula is C25H15ClN2O4S2. The van der Waals surface area contributed by atoms with Crippen molar-refractivity contribution in [3.63, 3.8) is 0 Å². The summed E-state index contributed by atoms with van der Waals surface area (Å²) in [5.41, 5.74) is 2.07. The second-order valence-electron chi connectivity index (χ2n) is 7.90. The number of fused-ring (bicyclic) bond motifs is 2. The number of thiophene rings is 1. The van der Waals surface area contributed by atoms with Gasteiger partial charge in [-0.05, 0) is 48.2 Å². The minimum Gasteiger partial charge on any atom is -0.503 e. The molecule has 0 aliphatic carbocycles. The van der Waals surface area contributed by atoms with E-state index < -0.39 is 23.5 Å². The van der Waals surface area contributed by atoms with Crippen LogP contribution in [0.3, 0.4) is 0 Å². The van der Waals surface area contributed by atoms with E-state index in [1.54, 1.807) is 18.2 Å². The van der Waals surface area contributed by atoms with Crippen LogP contribution in [0.4, 0.5) is 5.13 Å². The number of hydrogen-bond donors (Lipinski definition) is 1. The summed E-state index contributed by atoms with van der Waals surface area (Å²) in [5, 5.41) is 14.5. The van der Waals surface area contributed by atoms with Crippen LogP contribution in [-0.4, -0.2) is 21.8 Å². The van der Waals surface area contributed by atoms with Crippen molar-refractivity contribution in [3.8, 4) is 0 Å². The van der Waals surface area contributed by atoms with Gasteiger partial charge in [-0.25, -0.2) is 4.98 Å². The highest BCUT2D eigenvalue weighted by molar-refractivity contribution is 7.22. The Hall–Kier alpha value is -3.46. The summed E-state index contributed by atoms with van der Waals surface area (Å²) in [6, 6.07) is 15.4. The number of carbonyl (C=O) groups is 2. The van der Waals surface area contributed by atoms with E-state index in [4.69, 9.17) is 16.0 Å². The molecule has 0 fully saturated rings. The molecule has 3 aromatic heterocycles. The third-order valence-electron chi connectivity index (χ3n) is 5.78. The fourth-order valence-corrected chi connectivity index (χ4v) is 6.17. The number of anilines is 1. The molecule has 0 saturated carbocycles. The predicted molar refractivity (Wildman–Crippen MR) is 134 cm³/mol. The first kappa shape index (κ1) is 21.1. The number of nitrogens with zero attached hydrogens (tertiary/aromatic N) is 2. The van der Waals surface area contributed by atoms with Crippen molar-refractivity contribution >= 4 is 72.3 Å². The fourth-order valence-electron chi connectivity index (χ4n) is 4.12. The van der Waals surface area contributed by atoms with Crippen LogP contribution in [0.25, 0.3) is 21.2 Å². The number of carbonyl (C=O) groups excluding carboxylic acids is 2. The van der Waals surface area contributed by atoms with Crippen LogP contribution >= 0.6 is 34.3 Å². The summed E-state index contributed by atoms with van der Waals surface area (Å²) in [6.07, 6.45) is 0. The van der Waals surface area contributed by atoms with Crippen LogP contribution in [0.2, 0.25) is 5.02 Å². The van der Waals surface area contributed by atoms with Crippen LogP contribution in [-0.2, 0) is 4.79 Å². The molecule has 168 valence electrons. The van der Waals surface area contributed by atoms with E-state index in [0.29, 0.717) is 21.3 Å². The Morgan fingerprint density at radius 2 is 2.00 bits per heavy atom. The van der Waals surface area contributed by atoms with Gasteiger partial charge in [-0.2, -0.15) is 0 Å². The number of rotatable bonds is 4. The zero-order valence-electron chi connectivity index (χ0n) is 17.6. The maximum Gasteiger partial charge on any atom is 0.296 e. The normalized spacial score (nSPS) is 16.4. The van der Waals surface area contributed by atoms with Gasteiger partial charge in [-0.3, -0.25) is 14.5 Å². The van der Waals surface area contributed by atoms with Crippen molar-refractivity contribution < 1.29 is 19.1 Å². The molecule has 1 atom stereocenters. The van der Waals surface area contributed by atoms with Crippen molar-refractivity contribution in [2.75, 3.05) is 4.90 Å². The van der Waals surface area contributed by atoms with Gasteiger partial charge in [0.15, 0.2) is 16.7 Å². The molecule has 34 heavy (non-hydrogen) atoms. The summed E-state index contributed by atoms with van der Waals surface area (Å²) >= 11 is 8.96. The molecule has 6 nitrogen and oxygen atoms in total. The minimum atomic E-state index is -0.828. The highest BCUT2D eigenvalue weighted by Gasteiger charge is 2.47. The summed E-state index contributed by atoms with van der Waals surface area (Å²) in [5.74, 6) is -1.76. The number of aryl methyl sites for hydroxylation is 1. The number of aliphatic hydroxyl groups excluding tert-OH is 1. The average Bonchev–Trinajstić information content (AvgIpc) is 3.60. The van der Waals surface area contributed by atoms with Gasteiger partial charge in [0.2, 0.25) is 5.78 Å². The van der Waals surface area contributed by atoms with Gasteiger partial charge in [0, 0.05) is 15.3 Å². The van der Waals surface area contributed by atoms with E-state index in [1.165, 1.54) is 27.6 Å². The van der Waals surface area contributed by atoms with E-state index in [-0.39, 0.29) is 11.3 Å². The van der Waals surface area contributed by atoms with E-state index in [9.17, 15) is 14.7 Å². The van der Waals surface area contributed by atoms with Crippen LogP contribution < -0.4 is 4.90 Å². The van der Waals surface area contributed by atoms with Gasteiger partial charge in [0.05, 0.1) is 15.8 Å². The highest BCUT2D eigenvalue weighted by Crippen LogP contribution is 2.46. The third-order valence-corrected chi connectivity index (χ3v) is 8.13. The van der Waals surface area contributed by atoms with Crippen LogP contribution in [0.1, 0.15) is 27.0 Å². The Kier molecular flexibility index (Phi) is 4.84. The number of thiazole rings is 1. The maximum atomic E-state index is 13.6. The molecule has 1 amide bonds. The number of aliphatic hydroxyl groups is 1. The molecule has 2 aromatic carbocycles. The lowest BCUT2D eigenvalue weighted by Gasteiger charge is -2.22. The Bertz CT molecular complexity index is 1580. The van der Waals surface area contributed by atoms with Gasteiger partial charge >= 0.3 is 0 Å². The van der Waals surface area contributed by atoms with Crippen LogP contribution in [0, 0.1) is 6.92 Å². The Morgan fingerprint density at radius 1 is 1.18 bits per heavy atom. The number of para-hydroxylation sites is 1. The average molecular weight is 507 g/mol. The number of halogens is 1. The quantitative estimate of drug-likeness (QED) is 0.269. The third kappa shape index (κ3) is 3.18. The molecule has 1 unspecified atom stereocenters. The van der Waals surface area contributed by atoms with E-state index in [1.807, 2.05) is 48.7 Å². The summed E-state index contributed by atoms with van der Waals surface area (Å²) in [6.45, 7) is 1.90. The van der Waals surface area contributed by atoms with Crippen molar-refractivity contribution in [2.45, 2.75) is 13.0 Å². The molecule has 1 aliphatic heterocycles. The Morgan fingerprint density at radius 3 is 2.76 bits per heavy atom. The molecule has 4 heterocycles. The van der Waals surface area contributed by atoms with Gasteiger partial charge in [0.1, 0.15) is 11.6 Å². The first-order chi connectivity index (χ1) is 16.4. The number of benzene rings is 2. The summed E-state index contributed by atoms with van der Waals surface area (Å²) in [4.78, 5) is 33.6. The van der Waals surface area contributed by atoms with Gasteiger partial charge in [-0.15, -0.1) is 11.3 Å². The molecule has 1 N–H and O–H groups in total. The lowest BCUT2D eigenvalue weighted by Crippen LogP contribution is -2.30. The summed E-state index contributed by atoms with van der Waals surface area (Å²) in [7, 11) is 0. The first-order valence-corrected chi connectivity index (χ1v) is 12.4. The molecule has 0 bridgehead atoms. The maximum absolute atomic E-state index is 13.6. The van der Waals surface area contributed by atoms with Gasteiger partial charge in [-0.1, -0.05) is 47.2 Å².